The minimum Gasteiger partial charge on any atom is -0.395 e. The molecular weight excluding hydrogens is 178 g/mol. The third kappa shape index (κ3) is 7.30. The monoisotopic (exact) mass is 203 g/mol. The van der Waals surface area contributed by atoms with Gasteiger partial charge in [0.05, 0.1) is 19.3 Å². The van der Waals surface area contributed by atoms with Gasteiger partial charge >= 0.3 is 0 Å². The number of aliphatic hydroxyl groups excluding tert-OH is 1. The van der Waals surface area contributed by atoms with Gasteiger partial charge in [0, 0.05) is 13.2 Å². The van der Waals surface area contributed by atoms with Crippen LogP contribution in [0.15, 0.2) is 0 Å². The van der Waals surface area contributed by atoms with Crippen molar-refractivity contribution in [1.29, 1.82) is 0 Å². The highest BCUT2D eigenvalue weighted by Crippen LogP contribution is 2.06. The lowest BCUT2D eigenvalue weighted by atomic mass is 10.0. The molecule has 0 spiro atoms. The summed E-state index contributed by atoms with van der Waals surface area (Å²) in [5.74, 6) is 0.745. The Hall–Kier alpha value is -0.120. The fourth-order valence-corrected chi connectivity index (χ4v) is 1.42. The van der Waals surface area contributed by atoms with Crippen molar-refractivity contribution in [2.45, 2.75) is 45.7 Å². The quantitative estimate of drug-likeness (QED) is 0.626. The van der Waals surface area contributed by atoms with E-state index in [0.29, 0.717) is 12.6 Å². The van der Waals surface area contributed by atoms with Gasteiger partial charge in [-0.3, -0.25) is 0 Å². The van der Waals surface area contributed by atoms with E-state index in [-0.39, 0.29) is 12.6 Å². The van der Waals surface area contributed by atoms with Crippen molar-refractivity contribution in [2.75, 3.05) is 20.3 Å². The minimum atomic E-state index is 0.0714. The van der Waals surface area contributed by atoms with Gasteiger partial charge in [-0.15, -0.1) is 0 Å². The fourth-order valence-electron chi connectivity index (χ4n) is 1.42. The number of hydrogen-bond donors (Lipinski definition) is 2. The molecule has 0 aliphatic heterocycles. The Bertz CT molecular complexity index is 128. The molecule has 0 heterocycles. The first kappa shape index (κ1) is 13.9. The summed E-state index contributed by atoms with van der Waals surface area (Å²) in [7, 11) is 1.66. The zero-order valence-corrected chi connectivity index (χ0v) is 9.92. The van der Waals surface area contributed by atoms with Gasteiger partial charge in [-0.1, -0.05) is 13.8 Å². The summed E-state index contributed by atoms with van der Waals surface area (Å²) in [6.07, 6.45) is 2.37. The molecule has 0 fully saturated rings. The van der Waals surface area contributed by atoms with Crippen LogP contribution >= 0.6 is 0 Å². The first-order valence-corrected chi connectivity index (χ1v) is 5.46. The smallest absolute Gasteiger partial charge is 0.0638 e. The molecule has 0 bridgehead atoms. The average molecular weight is 203 g/mol. The van der Waals surface area contributed by atoms with E-state index in [0.717, 1.165) is 12.3 Å². The highest BCUT2D eigenvalue weighted by Gasteiger charge is 2.10. The summed E-state index contributed by atoms with van der Waals surface area (Å²) < 4.78 is 5.00. The molecule has 0 saturated heterocycles. The van der Waals surface area contributed by atoms with Crippen LogP contribution in [0, 0.1) is 5.92 Å². The number of aliphatic hydroxyl groups is 1. The van der Waals surface area contributed by atoms with Gasteiger partial charge < -0.3 is 15.2 Å². The predicted molar refractivity (Wildman–Crippen MR) is 59.4 cm³/mol. The molecule has 0 aromatic rings. The van der Waals surface area contributed by atoms with Crippen molar-refractivity contribution in [1.82, 2.24) is 5.32 Å². The molecule has 14 heavy (non-hydrogen) atoms. The molecule has 3 heteroatoms. The second-order valence-corrected chi connectivity index (χ2v) is 4.37. The van der Waals surface area contributed by atoms with E-state index in [1.165, 1.54) is 6.42 Å². The molecule has 0 saturated carbocycles. The zero-order valence-electron chi connectivity index (χ0n) is 9.92. The maximum absolute atomic E-state index is 9.04. The average Bonchev–Trinajstić information content (AvgIpc) is 2.14. The number of methoxy groups -OCH3 is 1. The lowest BCUT2D eigenvalue weighted by Crippen LogP contribution is -2.42. The molecule has 0 amide bonds. The molecule has 2 N–H and O–H groups in total. The van der Waals surface area contributed by atoms with Crippen LogP contribution in [0.1, 0.15) is 33.6 Å². The van der Waals surface area contributed by atoms with Gasteiger partial charge in [0.15, 0.2) is 0 Å². The first-order chi connectivity index (χ1) is 6.60. The third-order valence-corrected chi connectivity index (χ3v) is 2.29. The fraction of sp³-hybridized carbons (Fsp3) is 1.00. The van der Waals surface area contributed by atoms with Crippen LogP contribution in [0.5, 0.6) is 0 Å². The SMILES string of the molecule is COCC(CO)NC(C)CCC(C)C. The van der Waals surface area contributed by atoms with Gasteiger partial charge in [-0.05, 0) is 25.7 Å². The Labute approximate surface area is 87.8 Å². The Balaban J connectivity index is 3.61. The molecule has 86 valence electrons. The second kappa shape index (κ2) is 8.21. The number of hydrogen-bond acceptors (Lipinski definition) is 3. The van der Waals surface area contributed by atoms with Crippen LogP contribution in [0.3, 0.4) is 0 Å². The summed E-state index contributed by atoms with van der Waals surface area (Å²) in [5.41, 5.74) is 0. The second-order valence-electron chi connectivity index (χ2n) is 4.37. The Morgan fingerprint density at radius 2 is 1.86 bits per heavy atom. The van der Waals surface area contributed by atoms with Crippen molar-refractivity contribution >= 4 is 0 Å². The van der Waals surface area contributed by atoms with E-state index in [1.54, 1.807) is 7.11 Å². The van der Waals surface area contributed by atoms with Crippen LogP contribution < -0.4 is 5.32 Å². The van der Waals surface area contributed by atoms with Crippen molar-refractivity contribution < 1.29 is 9.84 Å². The summed E-state index contributed by atoms with van der Waals surface area (Å²) in [4.78, 5) is 0. The van der Waals surface area contributed by atoms with Crippen LogP contribution in [0.2, 0.25) is 0 Å². The zero-order chi connectivity index (χ0) is 11.0. The maximum Gasteiger partial charge on any atom is 0.0638 e. The van der Waals surface area contributed by atoms with Crippen molar-refractivity contribution in [3.63, 3.8) is 0 Å². The molecule has 2 atom stereocenters. The highest BCUT2D eigenvalue weighted by molar-refractivity contribution is 4.70. The molecule has 3 nitrogen and oxygen atoms in total. The van der Waals surface area contributed by atoms with E-state index in [4.69, 9.17) is 9.84 Å². The number of ether oxygens (including phenoxy) is 1. The van der Waals surface area contributed by atoms with Crippen LogP contribution in [-0.2, 0) is 4.74 Å². The molecule has 0 aromatic carbocycles. The van der Waals surface area contributed by atoms with Crippen LogP contribution in [0.4, 0.5) is 0 Å². The standard InChI is InChI=1S/C11H25NO2/c1-9(2)5-6-10(3)12-11(7-13)8-14-4/h9-13H,5-8H2,1-4H3. The summed E-state index contributed by atoms with van der Waals surface area (Å²) >= 11 is 0. The molecule has 0 radical (unpaired) electrons. The van der Waals surface area contributed by atoms with Gasteiger partial charge in [-0.2, -0.15) is 0 Å². The van der Waals surface area contributed by atoms with Gasteiger partial charge in [0.25, 0.3) is 0 Å². The number of nitrogens with one attached hydrogen (secondary N) is 1. The highest BCUT2D eigenvalue weighted by atomic mass is 16.5. The topological polar surface area (TPSA) is 41.5 Å². The van der Waals surface area contributed by atoms with E-state index in [2.05, 4.69) is 26.1 Å². The maximum atomic E-state index is 9.04. The van der Waals surface area contributed by atoms with E-state index >= 15 is 0 Å². The third-order valence-electron chi connectivity index (χ3n) is 2.29. The van der Waals surface area contributed by atoms with Crippen molar-refractivity contribution in [2.24, 2.45) is 5.92 Å². The number of rotatable bonds is 8. The lowest BCUT2D eigenvalue weighted by molar-refractivity contribution is 0.122. The molecular formula is C11H25NO2. The molecule has 2 unspecified atom stereocenters. The van der Waals surface area contributed by atoms with Crippen molar-refractivity contribution in [3.05, 3.63) is 0 Å². The molecule has 0 aliphatic rings. The van der Waals surface area contributed by atoms with Crippen LogP contribution in [-0.4, -0.2) is 37.5 Å². The van der Waals surface area contributed by atoms with E-state index < -0.39 is 0 Å². The van der Waals surface area contributed by atoms with Gasteiger partial charge in [0.1, 0.15) is 0 Å². The first-order valence-electron chi connectivity index (χ1n) is 5.46. The van der Waals surface area contributed by atoms with E-state index in [9.17, 15) is 0 Å². The predicted octanol–water partition coefficient (Wildman–Crippen LogP) is 1.41. The largest absolute Gasteiger partial charge is 0.395 e. The molecule has 0 aliphatic carbocycles. The normalized spacial score (nSPS) is 15.9. The summed E-state index contributed by atoms with van der Waals surface area (Å²) in [6.45, 7) is 7.32. The molecule has 0 aromatic heterocycles. The Morgan fingerprint density at radius 1 is 1.21 bits per heavy atom. The summed E-state index contributed by atoms with van der Waals surface area (Å²) in [5, 5.41) is 12.4. The Kier molecular flexibility index (Phi) is 8.14. The van der Waals surface area contributed by atoms with E-state index in [1.807, 2.05) is 0 Å². The van der Waals surface area contributed by atoms with Gasteiger partial charge in [0.2, 0.25) is 0 Å². The van der Waals surface area contributed by atoms with Crippen molar-refractivity contribution in [3.8, 4) is 0 Å². The van der Waals surface area contributed by atoms with Crippen LogP contribution in [0.25, 0.3) is 0 Å². The minimum absolute atomic E-state index is 0.0714. The lowest BCUT2D eigenvalue weighted by Gasteiger charge is -2.21. The Morgan fingerprint density at radius 3 is 2.29 bits per heavy atom. The molecule has 0 rings (SSSR count). The van der Waals surface area contributed by atoms with Gasteiger partial charge in [-0.25, -0.2) is 0 Å². The summed E-state index contributed by atoms with van der Waals surface area (Å²) in [6, 6.07) is 0.520.